The first kappa shape index (κ1) is 17.8. The van der Waals surface area contributed by atoms with Gasteiger partial charge in [-0.3, -0.25) is 9.48 Å². The standard InChI is InChI=1S/C20H25N3O/c1-6-17-8-7-9-18(12-17)21-20(24)11-10-19-15(4)22-23(16(19)5)13-14(2)3/h1,7-9,12,14H,10-11,13H2,2-5H3,(H,21,24). The van der Waals surface area contributed by atoms with E-state index in [-0.39, 0.29) is 5.91 Å². The number of aromatic nitrogens is 2. The van der Waals surface area contributed by atoms with E-state index in [0.29, 0.717) is 18.8 Å². The number of hydrogen-bond acceptors (Lipinski definition) is 2. The van der Waals surface area contributed by atoms with E-state index < -0.39 is 0 Å². The second kappa shape index (κ2) is 7.83. The van der Waals surface area contributed by atoms with Crippen LogP contribution in [0.2, 0.25) is 0 Å². The zero-order chi connectivity index (χ0) is 17.7. The Bertz CT molecular complexity index is 766. The van der Waals surface area contributed by atoms with Crippen molar-refractivity contribution in [2.45, 2.75) is 47.1 Å². The Balaban J connectivity index is 1.99. The van der Waals surface area contributed by atoms with E-state index >= 15 is 0 Å². The third-order valence-electron chi connectivity index (χ3n) is 3.98. The van der Waals surface area contributed by atoms with E-state index in [0.717, 1.165) is 29.2 Å². The Kier molecular flexibility index (Phi) is 5.81. The van der Waals surface area contributed by atoms with E-state index in [1.54, 1.807) is 6.07 Å². The summed E-state index contributed by atoms with van der Waals surface area (Å²) in [4.78, 5) is 12.2. The maximum atomic E-state index is 12.2. The zero-order valence-electron chi connectivity index (χ0n) is 14.9. The molecular formula is C20H25N3O. The number of nitrogens with one attached hydrogen (secondary N) is 1. The van der Waals surface area contributed by atoms with E-state index in [4.69, 9.17) is 6.42 Å². The van der Waals surface area contributed by atoms with Gasteiger partial charge in [0.1, 0.15) is 0 Å². The van der Waals surface area contributed by atoms with E-state index in [1.807, 2.05) is 29.8 Å². The number of nitrogens with zero attached hydrogens (tertiary/aromatic N) is 2. The third-order valence-corrected chi connectivity index (χ3v) is 3.98. The summed E-state index contributed by atoms with van der Waals surface area (Å²) in [6, 6.07) is 7.32. The zero-order valence-corrected chi connectivity index (χ0v) is 14.9. The maximum absolute atomic E-state index is 12.2. The van der Waals surface area contributed by atoms with Crippen LogP contribution in [0.1, 0.15) is 42.8 Å². The van der Waals surface area contributed by atoms with Gasteiger partial charge in [0.25, 0.3) is 0 Å². The second-order valence-corrected chi connectivity index (χ2v) is 6.50. The summed E-state index contributed by atoms with van der Waals surface area (Å²) in [6.07, 6.45) is 6.50. The van der Waals surface area contributed by atoms with Crippen LogP contribution in [0.5, 0.6) is 0 Å². The molecule has 0 spiro atoms. The van der Waals surface area contributed by atoms with Crippen LogP contribution >= 0.6 is 0 Å². The summed E-state index contributed by atoms with van der Waals surface area (Å²) >= 11 is 0. The largest absolute Gasteiger partial charge is 0.326 e. The van der Waals surface area contributed by atoms with Gasteiger partial charge >= 0.3 is 0 Å². The summed E-state index contributed by atoms with van der Waals surface area (Å²) in [6.45, 7) is 9.33. The van der Waals surface area contributed by atoms with Crippen molar-refractivity contribution in [1.29, 1.82) is 0 Å². The molecule has 24 heavy (non-hydrogen) atoms. The smallest absolute Gasteiger partial charge is 0.224 e. The molecule has 0 unspecified atom stereocenters. The topological polar surface area (TPSA) is 46.9 Å². The second-order valence-electron chi connectivity index (χ2n) is 6.50. The Morgan fingerprint density at radius 1 is 1.38 bits per heavy atom. The molecule has 2 rings (SSSR count). The highest BCUT2D eigenvalue weighted by Gasteiger charge is 2.14. The number of carbonyl (C=O) groups excluding carboxylic acids is 1. The summed E-state index contributed by atoms with van der Waals surface area (Å²) in [5.41, 5.74) is 4.83. The van der Waals surface area contributed by atoms with E-state index in [9.17, 15) is 4.79 Å². The molecule has 1 heterocycles. The quantitative estimate of drug-likeness (QED) is 0.824. The molecule has 0 aliphatic carbocycles. The van der Waals surface area contributed by atoms with Crippen LogP contribution in [-0.4, -0.2) is 15.7 Å². The van der Waals surface area contributed by atoms with Gasteiger partial charge in [-0.25, -0.2) is 0 Å². The molecule has 0 radical (unpaired) electrons. The molecule has 0 saturated carbocycles. The maximum Gasteiger partial charge on any atom is 0.224 e. The van der Waals surface area contributed by atoms with Crippen molar-refractivity contribution in [3.8, 4) is 12.3 Å². The molecule has 126 valence electrons. The van der Waals surface area contributed by atoms with Gasteiger partial charge in [-0.2, -0.15) is 5.10 Å². The fraction of sp³-hybridized carbons (Fsp3) is 0.400. The van der Waals surface area contributed by atoms with E-state index in [1.165, 1.54) is 5.56 Å². The third kappa shape index (κ3) is 4.48. The molecular weight excluding hydrogens is 298 g/mol. The molecule has 1 amide bonds. The van der Waals surface area contributed by atoms with E-state index in [2.05, 4.69) is 37.1 Å². The van der Waals surface area contributed by atoms with Crippen molar-refractivity contribution in [1.82, 2.24) is 9.78 Å². The van der Waals surface area contributed by atoms with Crippen LogP contribution in [-0.2, 0) is 17.8 Å². The Hall–Kier alpha value is -2.54. The van der Waals surface area contributed by atoms with Gasteiger partial charge in [0.2, 0.25) is 5.91 Å². The summed E-state index contributed by atoms with van der Waals surface area (Å²) in [5, 5.41) is 7.50. The number of rotatable bonds is 6. The normalized spacial score (nSPS) is 10.7. The molecule has 0 saturated heterocycles. The molecule has 0 aliphatic rings. The Morgan fingerprint density at radius 3 is 2.79 bits per heavy atom. The molecule has 4 heteroatoms. The molecule has 2 aromatic rings. The number of hydrogen-bond donors (Lipinski definition) is 1. The predicted octanol–water partition coefficient (Wildman–Crippen LogP) is 3.71. The number of anilines is 1. The minimum absolute atomic E-state index is 0.0143. The number of benzene rings is 1. The van der Waals surface area contributed by atoms with Crippen LogP contribution in [0.15, 0.2) is 24.3 Å². The lowest BCUT2D eigenvalue weighted by Crippen LogP contribution is -2.13. The number of aryl methyl sites for hydroxylation is 1. The number of carbonyl (C=O) groups is 1. The summed E-state index contributed by atoms with van der Waals surface area (Å²) in [7, 11) is 0. The van der Waals surface area contributed by atoms with Crippen LogP contribution in [0, 0.1) is 32.1 Å². The molecule has 0 aliphatic heterocycles. The van der Waals surface area contributed by atoms with Crippen LogP contribution < -0.4 is 5.32 Å². The van der Waals surface area contributed by atoms with Gasteiger partial charge in [-0.1, -0.05) is 25.8 Å². The molecule has 0 fully saturated rings. The lowest BCUT2D eigenvalue weighted by atomic mass is 10.1. The minimum atomic E-state index is -0.0143. The van der Waals surface area contributed by atoms with Crippen molar-refractivity contribution < 1.29 is 4.79 Å². The number of amides is 1. The molecule has 1 N–H and O–H groups in total. The van der Waals surface area contributed by atoms with Gasteiger partial charge in [0.15, 0.2) is 0 Å². The van der Waals surface area contributed by atoms with Crippen molar-refractivity contribution >= 4 is 11.6 Å². The van der Waals surface area contributed by atoms with Crippen molar-refractivity contribution in [2.24, 2.45) is 5.92 Å². The van der Waals surface area contributed by atoms with Crippen LogP contribution in [0.3, 0.4) is 0 Å². The van der Waals surface area contributed by atoms with Crippen molar-refractivity contribution in [3.63, 3.8) is 0 Å². The average Bonchev–Trinajstić information content (AvgIpc) is 2.79. The van der Waals surface area contributed by atoms with Crippen LogP contribution in [0.25, 0.3) is 0 Å². The molecule has 0 atom stereocenters. The highest BCUT2D eigenvalue weighted by molar-refractivity contribution is 5.91. The fourth-order valence-corrected chi connectivity index (χ4v) is 2.77. The highest BCUT2D eigenvalue weighted by Crippen LogP contribution is 2.17. The summed E-state index contributed by atoms with van der Waals surface area (Å²) in [5.74, 6) is 3.10. The van der Waals surface area contributed by atoms with Gasteiger partial charge in [-0.15, -0.1) is 6.42 Å². The van der Waals surface area contributed by atoms with Crippen LogP contribution in [0.4, 0.5) is 5.69 Å². The lowest BCUT2D eigenvalue weighted by molar-refractivity contribution is -0.116. The number of terminal acetylenes is 1. The first-order chi connectivity index (χ1) is 11.4. The molecule has 1 aromatic heterocycles. The fourth-order valence-electron chi connectivity index (χ4n) is 2.77. The Labute approximate surface area is 144 Å². The molecule has 0 bridgehead atoms. The minimum Gasteiger partial charge on any atom is -0.326 e. The first-order valence-electron chi connectivity index (χ1n) is 8.30. The molecule has 4 nitrogen and oxygen atoms in total. The summed E-state index contributed by atoms with van der Waals surface area (Å²) < 4.78 is 2.05. The van der Waals surface area contributed by atoms with Gasteiger partial charge in [0.05, 0.1) is 5.69 Å². The van der Waals surface area contributed by atoms with Gasteiger partial charge < -0.3 is 5.32 Å². The van der Waals surface area contributed by atoms with Gasteiger partial charge in [-0.05, 0) is 49.9 Å². The van der Waals surface area contributed by atoms with Crippen molar-refractivity contribution in [3.05, 3.63) is 46.8 Å². The lowest BCUT2D eigenvalue weighted by Gasteiger charge is -2.08. The van der Waals surface area contributed by atoms with Crippen molar-refractivity contribution in [2.75, 3.05) is 5.32 Å². The molecule has 1 aromatic carbocycles. The highest BCUT2D eigenvalue weighted by atomic mass is 16.1. The SMILES string of the molecule is C#Cc1cccc(NC(=O)CCc2c(C)nn(CC(C)C)c2C)c1. The Morgan fingerprint density at radius 2 is 2.12 bits per heavy atom. The first-order valence-corrected chi connectivity index (χ1v) is 8.30. The monoisotopic (exact) mass is 323 g/mol. The predicted molar refractivity (Wildman–Crippen MR) is 97.9 cm³/mol. The van der Waals surface area contributed by atoms with Gasteiger partial charge in [0, 0.05) is 29.9 Å². The average molecular weight is 323 g/mol.